The van der Waals surface area contributed by atoms with Crippen LogP contribution in [-0.4, -0.2) is 21.6 Å². The lowest BCUT2D eigenvalue weighted by atomic mass is 9.85. The quantitative estimate of drug-likeness (QED) is 0.611. The van der Waals surface area contributed by atoms with Gasteiger partial charge in [-0.05, 0) is 18.1 Å². The summed E-state index contributed by atoms with van der Waals surface area (Å²) in [6, 6.07) is 3.50. The lowest BCUT2D eigenvalue weighted by molar-refractivity contribution is -0.496. The number of hydrogen-bond donors (Lipinski definition) is 1. The average molecular weight is 224 g/mol. The Hall–Kier alpha value is -1.49. The number of hydrogen-bond acceptors (Lipinski definition) is 4. The standard InChI is InChI=1S/C11H16N2O3/c1-11(2,8-13(15)16)6-10(14)9-4-3-5-12-7-9/h3-5,7,10,14H,6,8H2,1-2H3. The maximum absolute atomic E-state index is 10.4. The largest absolute Gasteiger partial charge is 0.388 e. The van der Waals surface area contributed by atoms with E-state index in [1.165, 1.54) is 0 Å². The first-order valence-electron chi connectivity index (χ1n) is 5.10. The van der Waals surface area contributed by atoms with Crippen molar-refractivity contribution in [3.05, 3.63) is 40.2 Å². The van der Waals surface area contributed by atoms with Gasteiger partial charge >= 0.3 is 0 Å². The van der Waals surface area contributed by atoms with E-state index in [0.717, 1.165) is 0 Å². The lowest BCUT2D eigenvalue weighted by Crippen LogP contribution is -2.25. The number of rotatable bonds is 5. The van der Waals surface area contributed by atoms with Gasteiger partial charge in [-0.2, -0.15) is 0 Å². The molecule has 1 unspecified atom stereocenters. The van der Waals surface area contributed by atoms with Crippen molar-refractivity contribution in [3.8, 4) is 0 Å². The van der Waals surface area contributed by atoms with Crippen LogP contribution in [0, 0.1) is 15.5 Å². The van der Waals surface area contributed by atoms with Crippen LogP contribution in [0.15, 0.2) is 24.5 Å². The number of aliphatic hydroxyl groups excluding tert-OH is 1. The van der Waals surface area contributed by atoms with Crippen molar-refractivity contribution in [3.63, 3.8) is 0 Å². The smallest absolute Gasteiger partial charge is 0.209 e. The first kappa shape index (κ1) is 12.6. The highest BCUT2D eigenvalue weighted by Crippen LogP contribution is 2.29. The number of aromatic nitrogens is 1. The molecule has 0 saturated carbocycles. The summed E-state index contributed by atoms with van der Waals surface area (Å²) in [5, 5.41) is 20.4. The maximum Gasteiger partial charge on any atom is 0.209 e. The minimum Gasteiger partial charge on any atom is -0.388 e. The van der Waals surface area contributed by atoms with Gasteiger partial charge in [0, 0.05) is 22.7 Å². The van der Waals surface area contributed by atoms with Crippen molar-refractivity contribution in [1.29, 1.82) is 0 Å². The number of aliphatic hydroxyl groups is 1. The van der Waals surface area contributed by atoms with E-state index in [1.807, 2.05) is 0 Å². The fraction of sp³-hybridized carbons (Fsp3) is 0.545. The van der Waals surface area contributed by atoms with Crippen molar-refractivity contribution in [2.75, 3.05) is 6.54 Å². The fourth-order valence-electron chi connectivity index (χ4n) is 1.63. The van der Waals surface area contributed by atoms with Gasteiger partial charge in [-0.3, -0.25) is 15.1 Å². The molecule has 1 N–H and O–H groups in total. The Morgan fingerprint density at radius 1 is 1.62 bits per heavy atom. The Bertz CT molecular complexity index is 352. The second-order valence-corrected chi connectivity index (χ2v) is 4.66. The van der Waals surface area contributed by atoms with E-state index in [4.69, 9.17) is 0 Å². The first-order valence-corrected chi connectivity index (χ1v) is 5.10. The van der Waals surface area contributed by atoms with E-state index in [1.54, 1.807) is 38.4 Å². The van der Waals surface area contributed by atoms with Crippen LogP contribution in [0.5, 0.6) is 0 Å². The molecule has 0 bridgehead atoms. The van der Waals surface area contributed by atoms with Gasteiger partial charge in [-0.25, -0.2) is 0 Å². The highest BCUT2D eigenvalue weighted by atomic mass is 16.6. The van der Waals surface area contributed by atoms with Crippen molar-refractivity contribution in [2.45, 2.75) is 26.4 Å². The molecule has 0 aromatic carbocycles. The van der Waals surface area contributed by atoms with Crippen LogP contribution in [0.3, 0.4) is 0 Å². The van der Waals surface area contributed by atoms with Gasteiger partial charge in [0.05, 0.1) is 6.10 Å². The second-order valence-electron chi connectivity index (χ2n) is 4.66. The van der Waals surface area contributed by atoms with Crippen LogP contribution in [0.2, 0.25) is 0 Å². The number of pyridine rings is 1. The third kappa shape index (κ3) is 3.94. The van der Waals surface area contributed by atoms with Crippen molar-refractivity contribution in [1.82, 2.24) is 4.98 Å². The second kappa shape index (κ2) is 5.03. The molecule has 0 fully saturated rings. The van der Waals surface area contributed by atoms with Crippen LogP contribution in [0.1, 0.15) is 31.9 Å². The summed E-state index contributed by atoms with van der Waals surface area (Å²) >= 11 is 0. The van der Waals surface area contributed by atoms with Crippen LogP contribution < -0.4 is 0 Å². The van der Waals surface area contributed by atoms with E-state index in [0.29, 0.717) is 12.0 Å². The summed E-state index contributed by atoms with van der Waals surface area (Å²) in [7, 11) is 0. The molecule has 5 nitrogen and oxygen atoms in total. The van der Waals surface area contributed by atoms with Gasteiger partial charge in [0.2, 0.25) is 6.54 Å². The molecular formula is C11H16N2O3. The molecule has 0 radical (unpaired) electrons. The normalized spacial score (nSPS) is 13.4. The van der Waals surface area contributed by atoms with Gasteiger partial charge in [-0.1, -0.05) is 19.9 Å². The zero-order chi connectivity index (χ0) is 12.2. The Labute approximate surface area is 94.3 Å². The molecule has 1 rings (SSSR count). The van der Waals surface area contributed by atoms with Crippen LogP contribution in [0.25, 0.3) is 0 Å². The Morgan fingerprint density at radius 3 is 2.81 bits per heavy atom. The minimum atomic E-state index is -0.705. The predicted octanol–water partition coefficient (Wildman–Crippen LogP) is 1.81. The summed E-state index contributed by atoms with van der Waals surface area (Å²) in [6.07, 6.45) is 2.84. The van der Waals surface area contributed by atoms with Gasteiger partial charge in [-0.15, -0.1) is 0 Å². The summed E-state index contributed by atoms with van der Waals surface area (Å²) < 4.78 is 0. The number of nitro groups is 1. The van der Waals surface area contributed by atoms with Crippen LogP contribution >= 0.6 is 0 Å². The molecular weight excluding hydrogens is 208 g/mol. The molecule has 0 aliphatic carbocycles. The SMILES string of the molecule is CC(C)(CC(O)c1cccnc1)C[N+](=O)[O-]. The maximum atomic E-state index is 10.4. The summed E-state index contributed by atoms with van der Waals surface area (Å²) in [5.74, 6) is 0. The molecule has 88 valence electrons. The first-order chi connectivity index (χ1) is 7.41. The lowest BCUT2D eigenvalue weighted by Gasteiger charge is -2.23. The monoisotopic (exact) mass is 224 g/mol. The third-order valence-corrected chi connectivity index (χ3v) is 2.37. The van der Waals surface area contributed by atoms with Crippen molar-refractivity contribution < 1.29 is 10.0 Å². The highest BCUT2D eigenvalue weighted by molar-refractivity contribution is 5.12. The van der Waals surface area contributed by atoms with Crippen LogP contribution in [-0.2, 0) is 0 Å². The predicted molar refractivity (Wildman–Crippen MR) is 59.5 cm³/mol. The molecule has 0 aliphatic rings. The minimum absolute atomic E-state index is 0.148. The Kier molecular flexibility index (Phi) is 3.95. The van der Waals surface area contributed by atoms with Crippen molar-refractivity contribution >= 4 is 0 Å². The van der Waals surface area contributed by atoms with E-state index in [9.17, 15) is 15.2 Å². The van der Waals surface area contributed by atoms with E-state index in [-0.39, 0.29) is 11.5 Å². The van der Waals surface area contributed by atoms with E-state index in [2.05, 4.69) is 4.98 Å². The zero-order valence-corrected chi connectivity index (χ0v) is 9.46. The molecule has 0 saturated heterocycles. The molecule has 16 heavy (non-hydrogen) atoms. The van der Waals surface area contributed by atoms with Gasteiger partial charge < -0.3 is 5.11 Å². The van der Waals surface area contributed by atoms with Crippen LogP contribution in [0.4, 0.5) is 0 Å². The van der Waals surface area contributed by atoms with Gasteiger partial charge in [0.25, 0.3) is 0 Å². The zero-order valence-electron chi connectivity index (χ0n) is 9.46. The van der Waals surface area contributed by atoms with Gasteiger partial charge in [0.1, 0.15) is 0 Å². The third-order valence-electron chi connectivity index (χ3n) is 2.37. The fourth-order valence-corrected chi connectivity index (χ4v) is 1.63. The molecule has 1 atom stereocenters. The molecule has 1 aromatic heterocycles. The summed E-state index contributed by atoms with van der Waals surface area (Å²) in [5.41, 5.74) is 0.164. The van der Waals surface area contributed by atoms with E-state index < -0.39 is 11.5 Å². The molecule has 0 aliphatic heterocycles. The highest BCUT2D eigenvalue weighted by Gasteiger charge is 2.28. The molecule has 1 aromatic rings. The van der Waals surface area contributed by atoms with E-state index >= 15 is 0 Å². The Morgan fingerprint density at radius 2 is 2.31 bits per heavy atom. The molecule has 0 spiro atoms. The number of nitrogens with zero attached hydrogens (tertiary/aromatic N) is 2. The average Bonchev–Trinajstić information content (AvgIpc) is 2.16. The summed E-state index contributed by atoms with van der Waals surface area (Å²) in [6.45, 7) is 3.40. The molecule has 1 heterocycles. The van der Waals surface area contributed by atoms with Gasteiger partial charge in [0.15, 0.2) is 0 Å². The Balaban J connectivity index is 2.64. The topological polar surface area (TPSA) is 76.3 Å². The summed E-state index contributed by atoms with van der Waals surface area (Å²) in [4.78, 5) is 14.0. The molecule has 5 heteroatoms. The molecule has 0 amide bonds. The van der Waals surface area contributed by atoms with Crippen molar-refractivity contribution in [2.24, 2.45) is 5.41 Å².